The van der Waals surface area contributed by atoms with Crippen LogP contribution in [0.4, 0.5) is 0 Å². The van der Waals surface area contributed by atoms with E-state index in [-0.39, 0.29) is 0 Å². The molecule has 0 fully saturated rings. The van der Waals surface area contributed by atoms with Crippen LogP contribution in [0.15, 0.2) is 24.3 Å². The predicted molar refractivity (Wildman–Crippen MR) is 61.3 cm³/mol. The number of hydrogen-bond acceptors (Lipinski definition) is 2. The Balaban J connectivity index is 0.000000336. The lowest BCUT2D eigenvalue weighted by Crippen LogP contribution is -1.90. The second kappa shape index (κ2) is 6.01. The molecule has 0 aromatic heterocycles. The molecule has 3 radical (unpaired) electrons. The van der Waals surface area contributed by atoms with Crippen molar-refractivity contribution in [3.8, 4) is 12.1 Å². The molecule has 3 heteroatoms. The molecule has 0 amide bonds. The quantitative estimate of drug-likeness (QED) is 0.622. The smallest absolute Gasteiger partial charge is 0.101 e. The third kappa shape index (κ3) is 7.48. The third-order valence-corrected chi connectivity index (χ3v) is 1.17. The largest absolute Gasteiger partial charge is 0.192 e. The Morgan fingerprint density at radius 1 is 1.00 bits per heavy atom. The molecule has 0 N–H and O–H groups in total. The molecule has 0 unspecified atom stereocenters. The number of hydrogen-bond donors (Lipinski definition) is 0. The zero-order chi connectivity index (χ0) is 11.9. The highest BCUT2D eigenvalue weighted by molar-refractivity contribution is 6.14. The fourth-order valence-electron chi connectivity index (χ4n) is 0.678. The Bertz CT molecular complexity index is 352. The van der Waals surface area contributed by atoms with E-state index in [0.717, 1.165) is 0 Å². The van der Waals surface area contributed by atoms with Gasteiger partial charge in [-0.25, -0.2) is 0 Å². The van der Waals surface area contributed by atoms with Crippen molar-refractivity contribution in [3.05, 3.63) is 35.4 Å². The summed E-state index contributed by atoms with van der Waals surface area (Å²) in [5.41, 5.74) is 0.870. The van der Waals surface area contributed by atoms with Crippen LogP contribution >= 0.6 is 0 Å². The van der Waals surface area contributed by atoms with Gasteiger partial charge in [-0.15, -0.1) is 0 Å². The monoisotopic (exact) mass is 213 g/mol. The molecular weight excluding hydrogens is 200 g/mol. The molecule has 1 rings (SSSR count). The second-order valence-corrected chi connectivity index (χ2v) is 5.52. The van der Waals surface area contributed by atoms with Crippen LogP contribution in [0.3, 0.4) is 0 Å². The maximum absolute atomic E-state index is 8.45. The lowest BCUT2D eigenvalue weighted by Gasteiger charge is -2.04. The van der Waals surface area contributed by atoms with E-state index in [0.29, 0.717) is 16.2 Å². The van der Waals surface area contributed by atoms with Crippen molar-refractivity contribution in [1.29, 1.82) is 10.5 Å². The second-order valence-electron chi connectivity index (χ2n) is 4.02. The Morgan fingerprint density at radius 3 is 1.47 bits per heavy atom. The van der Waals surface area contributed by atoms with Crippen molar-refractivity contribution in [2.45, 2.75) is 25.8 Å². The summed E-state index contributed by atoms with van der Waals surface area (Å²) in [5.74, 6) is 0. The SMILES string of the molecule is CC(C)(C)[Si].N#Cc1ccccc1C#N. The molecule has 75 valence electrons. The summed E-state index contributed by atoms with van der Waals surface area (Å²) in [7, 11) is 3.42. The number of rotatable bonds is 0. The number of nitriles is 2. The molecule has 0 aliphatic rings. The molecule has 0 heterocycles. The van der Waals surface area contributed by atoms with Crippen LogP contribution in [0.1, 0.15) is 31.9 Å². The van der Waals surface area contributed by atoms with Gasteiger partial charge in [0, 0.05) is 10.2 Å². The average Bonchev–Trinajstić information content (AvgIpc) is 2.15. The molecule has 0 saturated heterocycles. The summed E-state index contributed by atoms with van der Waals surface area (Å²) in [5, 5.41) is 17.2. The van der Waals surface area contributed by atoms with Crippen molar-refractivity contribution >= 4 is 10.2 Å². The standard InChI is InChI=1S/C8H4N2.C4H9Si/c9-5-7-3-1-2-4-8(7)6-10;1-4(2,3)5/h1-4H;1-3H3. The van der Waals surface area contributed by atoms with E-state index in [1.165, 1.54) is 0 Å². The van der Waals surface area contributed by atoms with E-state index in [2.05, 4.69) is 31.0 Å². The molecule has 1 aromatic carbocycles. The van der Waals surface area contributed by atoms with Gasteiger partial charge in [-0.05, 0) is 17.2 Å². The Labute approximate surface area is 94.6 Å². The predicted octanol–water partition coefficient (Wildman–Crippen LogP) is 2.80. The first-order chi connectivity index (χ1) is 6.88. The molecule has 0 atom stereocenters. The molecule has 0 aliphatic carbocycles. The molecule has 0 aliphatic heterocycles. The number of benzene rings is 1. The van der Waals surface area contributed by atoms with Gasteiger partial charge in [0.25, 0.3) is 0 Å². The molecule has 2 nitrogen and oxygen atoms in total. The molecule has 1 aromatic rings. The molecule has 0 spiro atoms. The first-order valence-electron chi connectivity index (χ1n) is 4.52. The van der Waals surface area contributed by atoms with Gasteiger partial charge >= 0.3 is 0 Å². The lowest BCUT2D eigenvalue weighted by atomic mass is 10.1. The average molecular weight is 213 g/mol. The molecular formula is C12H13N2Si. The van der Waals surface area contributed by atoms with E-state index in [4.69, 9.17) is 10.5 Å². The summed E-state index contributed by atoms with van der Waals surface area (Å²) < 4.78 is 0. The number of nitrogens with zero attached hydrogens (tertiary/aromatic N) is 2. The highest BCUT2D eigenvalue weighted by Gasteiger charge is 1.96. The van der Waals surface area contributed by atoms with E-state index >= 15 is 0 Å². The zero-order valence-electron chi connectivity index (χ0n) is 9.20. The topological polar surface area (TPSA) is 47.6 Å². The fraction of sp³-hybridized carbons (Fsp3) is 0.333. The first-order valence-corrected chi connectivity index (χ1v) is 5.02. The van der Waals surface area contributed by atoms with Crippen molar-refractivity contribution in [2.75, 3.05) is 0 Å². The van der Waals surface area contributed by atoms with Gasteiger partial charge in [-0.2, -0.15) is 10.5 Å². The van der Waals surface area contributed by atoms with E-state index in [1.807, 2.05) is 12.1 Å². The van der Waals surface area contributed by atoms with Crippen LogP contribution in [0, 0.1) is 22.7 Å². The van der Waals surface area contributed by atoms with Crippen molar-refractivity contribution in [2.24, 2.45) is 0 Å². The van der Waals surface area contributed by atoms with Crippen LogP contribution < -0.4 is 0 Å². The van der Waals surface area contributed by atoms with E-state index < -0.39 is 0 Å². The van der Waals surface area contributed by atoms with Crippen LogP contribution in [0.25, 0.3) is 0 Å². The van der Waals surface area contributed by atoms with E-state index in [9.17, 15) is 0 Å². The van der Waals surface area contributed by atoms with Gasteiger partial charge in [0.1, 0.15) is 12.1 Å². The summed E-state index contributed by atoms with van der Waals surface area (Å²) in [6, 6.07) is 10.6. The van der Waals surface area contributed by atoms with Crippen molar-refractivity contribution in [3.63, 3.8) is 0 Å². The van der Waals surface area contributed by atoms with Crippen LogP contribution in [-0.4, -0.2) is 10.2 Å². The van der Waals surface area contributed by atoms with Crippen LogP contribution in [0.2, 0.25) is 5.04 Å². The highest BCUT2D eigenvalue weighted by Crippen LogP contribution is 2.13. The molecule has 15 heavy (non-hydrogen) atoms. The molecule has 0 bridgehead atoms. The van der Waals surface area contributed by atoms with Gasteiger partial charge < -0.3 is 0 Å². The minimum Gasteiger partial charge on any atom is -0.192 e. The maximum Gasteiger partial charge on any atom is 0.101 e. The van der Waals surface area contributed by atoms with E-state index in [1.54, 1.807) is 24.3 Å². The van der Waals surface area contributed by atoms with Crippen molar-refractivity contribution in [1.82, 2.24) is 0 Å². The summed E-state index contributed by atoms with van der Waals surface area (Å²) in [4.78, 5) is 0. The van der Waals surface area contributed by atoms with Gasteiger partial charge in [-0.1, -0.05) is 32.9 Å². The van der Waals surface area contributed by atoms with Gasteiger partial charge in [0.15, 0.2) is 0 Å². The minimum absolute atomic E-state index is 0.306. The highest BCUT2D eigenvalue weighted by atomic mass is 28.1. The first kappa shape index (κ1) is 13.4. The summed E-state index contributed by atoms with van der Waals surface area (Å²) >= 11 is 0. The van der Waals surface area contributed by atoms with Gasteiger partial charge in [0.05, 0.1) is 11.1 Å². The van der Waals surface area contributed by atoms with Gasteiger partial charge in [0.2, 0.25) is 0 Å². The van der Waals surface area contributed by atoms with Gasteiger partial charge in [-0.3, -0.25) is 0 Å². The fourth-order valence-corrected chi connectivity index (χ4v) is 0.678. The molecule has 0 saturated carbocycles. The third-order valence-electron chi connectivity index (χ3n) is 1.17. The zero-order valence-corrected chi connectivity index (χ0v) is 10.2. The van der Waals surface area contributed by atoms with Crippen LogP contribution in [-0.2, 0) is 0 Å². The maximum atomic E-state index is 8.45. The van der Waals surface area contributed by atoms with Crippen molar-refractivity contribution < 1.29 is 0 Å². The Kier molecular flexibility index (Phi) is 5.37. The lowest BCUT2D eigenvalue weighted by molar-refractivity contribution is 0.767. The minimum atomic E-state index is 0.306. The summed E-state index contributed by atoms with van der Waals surface area (Å²) in [6.07, 6.45) is 0. The normalized spacial score (nSPS) is 9.20. The van der Waals surface area contributed by atoms with Crippen LogP contribution in [0.5, 0.6) is 0 Å². The Morgan fingerprint density at radius 2 is 1.27 bits per heavy atom. The Hall–Kier alpha value is -1.58. The summed E-state index contributed by atoms with van der Waals surface area (Å²) in [6.45, 7) is 6.30.